The van der Waals surface area contributed by atoms with E-state index in [9.17, 15) is 4.57 Å². The van der Waals surface area contributed by atoms with Crippen molar-refractivity contribution in [2.45, 2.75) is 0 Å². The molecule has 0 spiro atoms. The second-order valence-corrected chi connectivity index (χ2v) is 7.76. The standard InChI is InChI=1S/C14H16Cl2N3OP/c15-7-9-19(10-8-16)21(20)17-13-6-5-11-3-1-2-4-12(11)14(13)18-21/h1-6H,7-10H2,(H2,17,18,20)/t21-/m1/s1. The SMILES string of the molecule is O=[P@]1(N(CCCl)CCCl)Nc2ccc3ccccc3c2N1. The Morgan fingerprint density at radius 2 is 1.71 bits per heavy atom. The number of fused-ring (bicyclic) bond motifs is 3. The number of benzene rings is 2. The van der Waals surface area contributed by atoms with Gasteiger partial charge in [0.2, 0.25) is 0 Å². The average molecular weight is 344 g/mol. The fourth-order valence-electron chi connectivity index (χ4n) is 2.56. The molecule has 3 rings (SSSR count). The summed E-state index contributed by atoms with van der Waals surface area (Å²) in [7, 11) is -2.94. The Morgan fingerprint density at radius 1 is 1.00 bits per heavy atom. The van der Waals surface area contributed by atoms with E-state index in [1.165, 1.54) is 0 Å². The fraction of sp³-hybridized carbons (Fsp3) is 0.286. The number of rotatable bonds is 5. The molecule has 1 heterocycles. The van der Waals surface area contributed by atoms with Crippen LogP contribution in [0, 0.1) is 0 Å². The molecule has 0 aliphatic carbocycles. The van der Waals surface area contributed by atoms with Gasteiger partial charge in [-0.15, -0.1) is 23.2 Å². The third-order valence-electron chi connectivity index (χ3n) is 3.55. The Bertz CT molecular complexity index is 704. The summed E-state index contributed by atoms with van der Waals surface area (Å²) in [4.78, 5) is 0. The van der Waals surface area contributed by atoms with Gasteiger partial charge in [-0.1, -0.05) is 30.3 Å². The van der Waals surface area contributed by atoms with Crippen LogP contribution in [0.2, 0.25) is 0 Å². The number of halogens is 2. The number of nitrogens with zero attached hydrogens (tertiary/aromatic N) is 1. The fourth-order valence-corrected chi connectivity index (χ4v) is 5.36. The number of alkyl halides is 2. The topological polar surface area (TPSA) is 44.4 Å². The summed E-state index contributed by atoms with van der Waals surface area (Å²) in [5, 5.41) is 8.47. The molecule has 7 heteroatoms. The van der Waals surface area contributed by atoms with Gasteiger partial charge in [0.1, 0.15) is 0 Å². The lowest BCUT2D eigenvalue weighted by Gasteiger charge is -2.27. The third-order valence-corrected chi connectivity index (χ3v) is 6.15. The maximum Gasteiger partial charge on any atom is 0.330 e. The van der Waals surface area contributed by atoms with Crippen molar-refractivity contribution in [1.29, 1.82) is 0 Å². The van der Waals surface area contributed by atoms with Crippen LogP contribution >= 0.6 is 30.8 Å². The molecule has 0 aromatic heterocycles. The zero-order chi connectivity index (χ0) is 14.9. The van der Waals surface area contributed by atoms with Gasteiger partial charge in [0, 0.05) is 30.2 Å². The molecule has 0 amide bonds. The highest BCUT2D eigenvalue weighted by Crippen LogP contribution is 2.58. The van der Waals surface area contributed by atoms with E-state index in [1.54, 1.807) is 4.67 Å². The van der Waals surface area contributed by atoms with Crippen LogP contribution in [0.25, 0.3) is 10.8 Å². The van der Waals surface area contributed by atoms with Gasteiger partial charge < -0.3 is 10.2 Å². The van der Waals surface area contributed by atoms with Crippen molar-refractivity contribution in [2.24, 2.45) is 0 Å². The van der Waals surface area contributed by atoms with Crippen molar-refractivity contribution in [2.75, 3.05) is 35.0 Å². The van der Waals surface area contributed by atoms with Crippen LogP contribution in [0.1, 0.15) is 0 Å². The van der Waals surface area contributed by atoms with Crippen LogP contribution in [0.5, 0.6) is 0 Å². The van der Waals surface area contributed by atoms with E-state index in [2.05, 4.69) is 10.2 Å². The lowest BCUT2D eigenvalue weighted by Crippen LogP contribution is -2.29. The molecular formula is C14H16Cl2N3OP. The number of hydrogen-bond acceptors (Lipinski definition) is 1. The van der Waals surface area contributed by atoms with Gasteiger partial charge in [-0.3, -0.25) is 4.57 Å². The zero-order valence-corrected chi connectivity index (χ0v) is 13.8. The van der Waals surface area contributed by atoms with Crippen molar-refractivity contribution in [3.8, 4) is 0 Å². The lowest BCUT2D eigenvalue weighted by molar-refractivity contribution is 0.455. The van der Waals surface area contributed by atoms with E-state index in [0.717, 1.165) is 22.1 Å². The first kappa shape index (κ1) is 15.0. The molecule has 2 aromatic rings. The molecule has 0 bridgehead atoms. The molecule has 1 atom stereocenters. The summed E-state index contributed by atoms with van der Waals surface area (Å²) >= 11 is 11.6. The highest BCUT2D eigenvalue weighted by atomic mass is 35.5. The summed E-state index contributed by atoms with van der Waals surface area (Å²) in [6.07, 6.45) is 0. The Labute approximate surface area is 133 Å². The van der Waals surface area contributed by atoms with Gasteiger partial charge in [0.15, 0.2) is 0 Å². The molecule has 1 aliphatic rings. The third kappa shape index (κ3) is 2.74. The largest absolute Gasteiger partial charge is 0.330 e. The van der Waals surface area contributed by atoms with Crippen molar-refractivity contribution in [3.05, 3.63) is 36.4 Å². The van der Waals surface area contributed by atoms with Crippen LogP contribution in [-0.4, -0.2) is 29.5 Å². The van der Waals surface area contributed by atoms with Gasteiger partial charge in [0.05, 0.1) is 11.4 Å². The molecule has 112 valence electrons. The molecule has 21 heavy (non-hydrogen) atoms. The molecule has 1 aliphatic heterocycles. The summed E-state index contributed by atoms with van der Waals surface area (Å²) in [5.41, 5.74) is 1.73. The number of hydrogen-bond donors (Lipinski definition) is 2. The van der Waals surface area contributed by atoms with E-state index < -0.39 is 7.59 Å². The van der Waals surface area contributed by atoms with Crippen LogP contribution in [0.15, 0.2) is 36.4 Å². The van der Waals surface area contributed by atoms with Crippen LogP contribution in [0.3, 0.4) is 0 Å². The minimum atomic E-state index is -2.94. The molecule has 2 aromatic carbocycles. The van der Waals surface area contributed by atoms with Gasteiger partial charge >= 0.3 is 7.59 Å². The Balaban J connectivity index is 1.99. The monoisotopic (exact) mass is 343 g/mol. The normalized spacial score (nSPS) is 20.3. The van der Waals surface area contributed by atoms with Crippen LogP contribution in [0.4, 0.5) is 11.4 Å². The van der Waals surface area contributed by atoms with Crippen molar-refractivity contribution in [3.63, 3.8) is 0 Å². The molecule has 4 nitrogen and oxygen atoms in total. The summed E-state index contributed by atoms with van der Waals surface area (Å²) in [5.74, 6) is 0.808. The van der Waals surface area contributed by atoms with E-state index in [1.807, 2.05) is 36.4 Å². The molecule has 0 radical (unpaired) electrons. The van der Waals surface area contributed by atoms with Crippen molar-refractivity contribution >= 4 is 52.9 Å². The van der Waals surface area contributed by atoms with Gasteiger partial charge in [0.25, 0.3) is 0 Å². The minimum absolute atomic E-state index is 0.404. The van der Waals surface area contributed by atoms with Crippen LogP contribution < -0.4 is 10.2 Å². The smallest absolute Gasteiger partial charge is 0.306 e. The second kappa shape index (κ2) is 6.05. The first-order valence-electron chi connectivity index (χ1n) is 6.73. The van der Waals surface area contributed by atoms with Gasteiger partial charge in [-0.25, -0.2) is 4.67 Å². The van der Waals surface area contributed by atoms with Crippen molar-refractivity contribution < 1.29 is 4.57 Å². The molecule has 0 saturated carbocycles. The second-order valence-electron chi connectivity index (χ2n) is 4.84. The predicted molar refractivity (Wildman–Crippen MR) is 91.8 cm³/mol. The van der Waals surface area contributed by atoms with E-state index in [-0.39, 0.29) is 0 Å². The molecule has 0 fully saturated rings. The molecule has 0 saturated heterocycles. The molecular weight excluding hydrogens is 328 g/mol. The quantitative estimate of drug-likeness (QED) is 0.616. The summed E-state index contributed by atoms with van der Waals surface area (Å²) in [6.45, 7) is 1.02. The lowest BCUT2D eigenvalue weighted by atomic mass is 10.1. The minimum Gasteiger partial charge on any atom is -0.306 e. The number of anilines is 2. The van der Waals surface area contributed by atoms with Gasteiger partial charge in [-0.05, 0) is 11.5 Å². The summed E-state index contributed by atoms with van der Waals surface area (Å²) < 4.78 is 15.0. The summed E-state index contributed by atoms with van der Waals surface area (Å²) in [6, 6.07) is 12.0. The zero-order valence-electron chi connectivity index (χ0n) is 11.4. The first-order chi connectivity index (χ1) is 10.2. The maximum atomic E-state index is 13.2. The van der Waals surface area contributed by atoms with Crippen molar-refractivity contribution in [1.82, 2.24) is 4.67 Å². The van der Waals surface area contributed by atoms with Crippen LogP contribution in [-0.2, 0) is 4.57 Å². The van der Waals surface area contributed by atoms with Gasteiger partial charge in [-0.2, -0.15) is 0 Å². The Hall–Kier alpha value is -0.930. The highest BCUT2D eigenvalue weighted by Gasteiger charge is 2.37. The predicted octanol–water partition coefficient (Wildman–Crippen LogP) is 4.56. The molecule has 0 unspecified atom stereocenters. The Kier molecular flexibility index (Phi) is 4.32. The van der Waals surface area contributed by atoms with E-state index >= 15 is 0 Å². The molecule has 2 N–H and O–H groups in total. The van der Waals surface area contributed by atoms with E-state index in [0.29, 0.717) is 24.8 Å². The number of nitrogens with one attached hydrogen (secondary N) is 2. The highest BCUT2D eigenvalue weighted by molar-refractivity contribution is 7.65. The maximum absolute atomic E-state index is 13.2. The Morgan fingerprint density at radius 3 is 2.43 bits per heavy atom. The van der Waals surface area contributed by atoms with E-state index in [4.69, 9.17) is 23.2 Å². The average Bonchev–Trinajstić information content (AvgIpc) is 2.85. The first-order valence-corrected chi connectivity index (χ1v) is 9.46.